The third-order valence-corrected chi connectivity index (χ3v) is 3.49. The number of hydrogen-bond acceptors (Lipinski definition) is 4. The molecule has 0 aliphatic rings. The molecular formula is C13H15N3OS. The van der Waals surface area contributed by atoms with Gasteiger partial charge in [0.05, 0.1) is 12.2 Å². The highest BCUT2D eigenvalue weighted by Crippen LogP contribution is 2.12. The highest BCUT2D eigenvalue weighted by molar-refractivity contribution is 7.13. The summed E-state index contributed by atoms with van der Waals surface area (Å²) in [5.41, 5.74) is 9.27. The van der Waals surface area contributed by atoms with Crippen molar-refractivity contribution in [3.8, 4) is 0 Å². The third-order valence-electron chi connectivity index (χ3n) is 2.77. The minimum absolute atomic E-state index is 0.0929. The lowest BCUT2D eigenvalue weighted by molar-refractivity contribution is 0.0950. The van der Waals surface area contributed by atoms with Crippen LogP contribution in [0.3, 0.4) is 0 Å². The number of carbonyl (C=O) groups is 1. The first kappa shape index (κ1) is 12.6. The first-order valence-corrected chi connectivity index (χ1v) is 6.49. The lowest BCUT2D eigenvalue weighted by atomic mass is 10.1. The van der Waals surface area contributed by atoms with Crippen molar-refractivity contribution in [2.24, 2.45) is 0 Å². The molecule has 0 fully saturated rings. The molecule has 2 aromatic rings. The van der Waals surface area contributed by atoms with E-state index in [1.165, 1.54) is 16.9 Å². The first-order valence-electron chi connectivity index (χ1n) is 5.61. The maximum absolute atomic E-state index is 11.9. The van der Waals surface area contributed by atoms with Gasteiger partial charge in [0.15, 0.2) is 5.13 Å². The molecule has 0 saturated heterocycles. The molecule has 2 rings (SSSR count). The normalized spacial score (nSPS) is 10.3. The standard InChI is InChI=1S/C13H15N3OS/c1-8-3-4-10(5-9(8)2)12(17)15-6-11-7-18-13(14)16-11/h3-5,7H,6H2,1-2H3,(H2,14,16)(H,15,17). The number of nitrogens with two attached hydrogens (primary N) is 1. The molecular weight excluding hydrogens is 246 g/mol. The third kappa shape index (κ3) is 2.87. The first-order chi connectivity index (χ1) is 8.56. The van der Waals surface area contributed by atoms with Crippen LogP contribution in [-0.2, 0) is 6.54 Å². The van der Waals surface area contributed by atoms with Crippen molar-refractivity contribution in [2.45, 2.75) is 20.4 Å². The summed E-state index contributed by atoms with van der Waals surface area (Å²) in [6.07, 6.45) is 0. The molecule has 0 spiro atoms. The zero-order chi connectivity index (χ0) is 13.1. The summed E-state index contributed by atoms with van der Waals surface area (Å²) in [5, 5.41) is 5.19. The molecule has 4 nitrogen and oxygen atoms in total. The number of hydrogen-bond donors (Lipinski definition) is 2. The molecule has 1 aromatic heterocycles. The number of aromatic nitrogens is 1. The number of nitrogen functional groups attached to an aromatic ring is 1. The Morgan fingerprint density at radius 2 is 2.17 bits per heavy atom. The molecule has 0 unspecified atom stereocenters. The fourth-order valence-corrected chi connectivity index (χ4v) is 2.12. The van der Waals surface area contributed by atoms with E-state index in [0.717, 1.165) is 11.3 Å². The van der Waals surface area contributed by atoms with E-state index in [2.05, 4.69) is 10.3 Å². The van der Waals surface area contributed by atoms with Crippen molar-refractivity contribution in [3.63, 3.8) is 0 Å². The Kier molecular flexibility index (Phi) is 3.62. The van der Waals surface area contributed by atoms with Gasteiger partial charge in [-0.2, -0.15) is 0 Å². The van der Waals surface area contributed by atoms with E-state index in [-0.39, 0.29) is 5.91 Å². The van der Waals surface area contributed by atoms with Crippen LogP contribution in [0.15, 0.2) is 23.6 Å². The van der Waals surface area contributed by atoms with Gasteiger partial charge in [0, 0.05) is 10.9 Å². The highest BCUT2D eigenvalue weighted by Gasteiger charge is 2.07. The Balaban J connectivity index is 2.01. The Morgan fingerprint density at radius 1 is 1.39 bits per heavy atom. The zero-order valence-corrected chi connectivity index (χ0v) is 11.2. The number of anilines is 1. The number of amides is 1. The number of aryl methyl sites for hydroxylation is 2. The van der Waals surface area contributed by atoms with Crippen molar-refractivity contribution in [3.05, 3.63) is 46.0 Å². The summed E-state index contributed by atoms with van der Waals surface area (Å²) in [7, 11) is 0. The van der Waals surface area contributed by atoms with E-state index in [1.807, 2.05) is 37.4 Å². The number of thiazole rings is 1. The van der Waals surface area contributed by atoms with Gasteiger partial charge < -0.3 is 11.1 Å². The Labute approximate surface area is 110 Å². The van der Waals surface area contributed by atoms with E-state index < -0.39 is 0 Å². The highest BCUT2D eigenvalue weighted by atomic mass is 32.1. The molecule has 3 N–H and O–H groups in total. The molecule has 94 valence electrons. The van der Waals surface area contributed by atoms with E-state index in [4.69, 9.17) is 5.73 Å². The van der Waals surface area contributed by atoms with E-state index in [1.54, 1.807) is 0 Å². The van der Waals surface area contributed by atoms with Crippen molar-refractivity contribution in [1.82, 2.24) is 10.3 Å². The van der Waals surface area contributed by atoms with Gasteiger partial charge in [-0.15, -0.1) is 11.3 Å². The largest absolute Gasteiger partial charge is 0.375 e. The summed E-state index contributed by atoms with van der Waals surface area (Å²) in [4.78, 5) is 16.0. The maximum atomic E-state index is 11.9. The smallest absolute Gasteiger partial charge is 0.251 e. The van der Waals surface area contributed by atoms with Crippen molar-refractivity contribution >= 4 is 22.4 Å². The van der Waals surface area contributed by atoms with Gasteiger partial charge in [0.1, 0.15) is 0 Å². The average Bonchev–Trinajstić information content (AvgIpc) is 2.75. The van der Waals surface area contributed by atoms with Crippen LogP contribution in [0.5, 0.6) is 0 Å². The molecule has 1 aromatic carbocycles. The van der Waals surface area contributed by atoms with Crippen LogP contribution >= 0.6 is 11.3 Å². The zero-order valence-electron chi connectivity index (χ0n) is 10.4. The molecule has 0 aliphatic heterocycles. The predicted octanol–water partition coefficient (Wildman–Crippen LogP) is 2.27. The van der Waals surface area contributed by atoms with Gasteiger partial charge >= 0.3 is 0 Å². The van der Waals surface area contributed by atoms with Gasteiger partial charge in [-0.05, 0) is 37.1 Å². The quantitative estimate of drug-likeness (QED) is 0.890. The van der Waals surface area contributed by atoms with E-state index >= 15 is 0 Å². The van der Waals surface area contributed by atoms with Crippen molar-refractivity contribution in [2.75, 3.05) is 5.73 Å². The molecule has 0 aliphatic carbocycles. The van der Waals surface area contributed by atoms with Crippen LogP contribution in [0.1, 0.15) is 27.2 Å². The molecule has 18 heavy (non-hydrogen) atoms. The van der Waals surface area contributed by atoms with E-state index in [0.29, 0.717) is 17.2 Å². The second kappa shape index (κ2) is 5.18. The number of nitrogens with zero attached hydrogens (tertiary/aromatic N) is 1. The molecule has 0 saturated carbocycles. The second-order valence-electron chi connectivity index (χ2n) is 4.16. The molecule has 1 amide bonds. The van der Waals surface area contributed by atoms with Crippen LogP contribution in [-0.4, -0.2) is 10.9 Å². The monoisotopic (exact) mass is 261 g/mol. The molecule has 0 atom stereocenters. The van der Waals surface area contributed by atoms with E-state index in [9.17, 15) is 4.79 Å². The predicted molar refractivity (Wildman–Crippen MR) is 73.6 cm³/mol. The van der Waals surface area contributed by atoms with Crippen molar-refractivity contribution in [1.29, 1.82) is 0 Å². The van der Waals surface area contributed by atoms with Crippen LogP contribution in [0.25, 0.3) is 0 Å². The average molecular weight is 261 g/mol. The molecule has 0 radical (unpaired) electrons. The minimum atomic E-state index is -0.0929. The Morgan fingerprint density at radius 3 is 2.78 bits per heavy atom. The van der Waals surface area contributed by atoms with Crippen LogP contribution in [0.4, 0.5) is 5.13 Å². The maximum Gasteiger partial charge on any atom is 0.251 e. The Bertz CT molecular complexity index is 577. The number of benzene rings is 1. The van der Waals surface area contributed by atoms with Crippen molar-refractivity contribution < 1.29 is 4.79 Å². The SMILES string of the molecule is Cc1ccc(C(=O)NCc2csc(N)n2)cc1C. The summed E-state index contributed by atoms with van der Waals surface area (Å²) in [5.74, 6) is -0.0929. The number of nitrogens with one attached hydrogen (secondary N) is 1. The minimum Gasteiger partial charge on any atom is -0.375 e. The summed E-state index contributed by atoms with van der Waals surface area (Å²) in [6, 6.07) is 5.66. The van der Waals surface area contributed by atoms with Gasteiger partial charge in [-0.3, -0.25) is 4.79 Å². The second-order valence-corrected chi connectivity index (χ2v) is 5.05. The molecule has 5 heteroatoms. The fourth-order valence-electron chi connectivity index (χ4n) is 1.56. The lowest BCUT2D eigenvalue weighted by Gasteiger charge is -2.06. The fraction of sp³-hybridized carbons (Fsp3) is 0.231. The van der Waals surface area contributed by atoms with Gasteiger partial charge in [0.25, 0.3) is 5.91 Å². The van der Waals surface area contributed by atoms with Gasteiger partial charge in [-0.1, -0.05) is 6.07 Å². The summed E-state index contributed by atoms with van der Waals surface area (Å²) in [6.45, 7) is 4.42. The molecule has 1 heterocycles. The summed E-state index contributed by atoms with van der Waals surface area (Å²) < 4.78 is 0. The number of carbonyl (C=O) groups excluding carboxylic acids is 1. The number of rotatable bonds is 3. The van der Waals surface area contributed by atoms with Crippen LogP contribution < -0.4 is 11.1 Å². The van der Waals surface area contributed by atoms with Crippen LogP contribution in [0, 0.1) is 13.8 Å². The molecule has 0 bridgehead atoms. The van der Waals surface area contributed by atoms with Gasteiger partial charge in [-0.25, -0.2) is 4.98 Å². The lowest BCUT2D eigenvalue weighted by Crippen LogP contribution is -2.23. The Hall–Kier alpha value is -1.88. The topological polar surface area (TPSA) is 68.0 Å². The summed E-state index contributed by atoms with van der Waals surface area (Å²) >= 11 is 1.37. The van der Waals surface area contributed by atoms with Gasteiger partial charge in [0.2, 0.25) is 0 Å². The van der Waals surface area contributed by atoms with Crippen LogP contribution in [0.2, 0.25) is 0 Å².